The van der Waals surface area contributed by atoms with Gasteiger partial charge in [-0.2, -0.15) is 5.26 Å². The van der Waals surface area contributed by atoms with Crippen molar-refractivity contribution in [3.63, 3.8) is 0 Å². The molecule has 0 aromatic heterocycles. The lowest BCUT2D eigenvalue weighted by molar-refractivity contribution is -0.0160. The molecule has 1 rings (SSSR count). The monoisotopic (exact) mass is 195 g/mol. The highest BCUT2D eigenvalue weighted by Gasteiger charge is 2.31. The van der Waals surface area contributed by atoms with E-state index in [2.05, 4.69) is 24.8 Å². The van der Waals surface area contributed by atoms with Crippen molar-refractivity contribution >= 4 is 0 Å². The maximum Gasteiger partial charge on any atom is 0.0801 e. The van der Waals surface area contributed by atoms with Crippen molar-refractivity contribution in [2.45, 2.75) is 38.7 Å². The molecule has 3 heteroatoms. The van der Waals surface area contributed by atoms with Crippen molar-refractivity contribution in [2.24, 2.45) is 0 Å². The zero-order valence-corrected chi connectivity index (χ0v) is 9.08. The van der Waals surface area contributed by atoms with Gasteiger partial charge in [-0.05, 0) is 18.8 Å². The molecule has 0 saturated carbocycles. The fraction of sp³-hybridized carbons (Fsp3) is 0.818. The van der Waals surface area contributed by atoms with Crippen LogP contribution in [-0.2, 0) is 0 Å². The van der Waals surface area contributed by atoms with Crippen LogP contribution in [0.15, 0.2) is 0 Å². The highest BCUT2D eigenvalue weighted by atomic mass is 16.3. The molecule has 1 aliphatic rings. The normalized spacial score (nSPS) is 22.2. The molecule has 0 unspecified atom stereocenters. The van der Waals surface area contributed by atoms with Gasteiger partial charge in [0.05, 0.1) is 18.1 Å². The van der Waals surface area contributed by atoms with Gasteiger partial charge in [0.1, 0.15) is 0 Å². The number of rotatable bonds is 3. The van der Waals surface area contributed by atoms with Crippen molar-refractivity contribution in [1.29, 1.82) is 5.26 Å². The van der Waals surface area contributed by atoms with E-state index in [1.54, 1.807) is 0 Å². The molecule has 0 amide bonds. The Kier molecular flexibility index (Phi) is 3.91. The Morgan fingerprint density at radius 1 is 1.43 bits per heavy atom. The molecule has 3 nitrogen and oxygen atoms in total. The summed E-state index contributed by atoms with van der Waals surface area (Å²) in [6.45, 7) is 7.07. The van der Waals surface area contributed by atoms with Crippen LogP contribution in [-0.4, -0.2) is 35.2 Å². The van der Waals surface area contributed by atoms with Crippen molar-refractivity contribution in [3.8, 4) is 6.07 Å². The summed E-state index contributed by atoms with van der Waals surface area (Å²) < 4.78 is 0. The van der Waals surface area contributed by atoms with E-state index in [9.17, 15) is 5.11 Å². The molecule has 79 valence electrons. The van der Waals surface area contributed by atoms with Crippen LogP contribution >= 0.6 is 0 Å². The minimum Gasteiger partial charge on any atom is -0.389 e. The summed E-state index contributed by atoms with van der Waals surface area (Å²) in [5, 5.41) is 18.5. The molecule has 0 aromatic carbocycles. The van der Waals surface area contributed by atoms with Gasteiger partial charge in [0, 0.05) is 19.6 Å². The van der Waals surface area contributed by atoms with Crippen LogP contribution in [0, 0.1) is 17.2 Å². The molecule has 1 saturated heterocycles. The molecule has 0 bridgehead atoms. The Morgan fingerprint density at radius 3 is 2.43 bits per heavy atom. The van der Waals surface area contributed by atoms with Gasteiger partial charge in [-0.25, -0.2) is 0 Å². The van der Waals surface area contributed by atoms with Crippen LogP contribution in [0.25, 0.3) is 0 Å². The molecule has 0 aliphatic carbocycles. The second-order valence-electron chi connectivity index (χ2n) is 4.54. The van der Waals surface area contributed by atoms with Crippen molar-refractivity contribution in [2.75, 3.05) is 19.6 Å². The third kappa shape index (κ3) is 3.28. The zero-order valence-electron chi connectivity index (χ0n) is 9.08. The van der Waals surface area contributed by atoms with Gasteiger partial charge in [0.15, 0.2) is 0 Å². The van der Waals surface area contributed by atoms with Crippen LogP contribution in [0.3, 0.4) is 0 Å². The maximum absolute atomic E-state index is 9.97. The maximum atomic E-state index is 9.97. The second kappa shape index (κ2) is 4.77. The number of hydrogen-bond acceptors (Lipinski definition) is 3. The number of piperidine rings is 1. The first-order valence-corrected chi connectivity index (χ1v) is 5.16. The van der Waals surface area contributed by atoms with Crippen molar-refractivity contribution in [3.05, 3.63) is 5.92 Å². The lowest BCUT2D eigenvalue weighted by atomic mass is 9.88. The fourth-order valence-corrected chi connectivity index (χ4v) is 1.90. The Hall–Kier alpha value is -0.590. The summed E-state index contributed by atoms with van der Waals surface area (Å²) in [6.07, 6.45) is 1.73. The molecule has 1 fully saturated rings. The van der Waals surface area contributed by atoms with Crippen LogP contribution in [0.1, 0.15) is 33.1 Å². The smallest absolute Gasteiger partial charge is 0.0801 e. The Morgan fingerprint density at radius 2 is 2.00 bits per heavy atom. The summed E-state index contributed by atoms with van der Waals surface area (Å²) in [5.74, 6) is 1.40. The third-order valence-corrected chi connectivity index (χ3v) is 2.73. The molecular weight excluding hydrogens is 176 g/mol. The molecule has 1 heterocycles. The number of nitriles is 1. The van der Waals surface area contributed by atoms with E-state index in [0.717, 1.165) is 32.5 Å². The fourth-order valence-electron chi connectivity index (χ4n) is 1.90. The molecule has 1 radical (unpaired) electrons. The zero-order chi connectivity index (χ0) is 10.6. The third-order valence-electron chi connectivity index (χ3n) is 2.73. The van der Waals surface area contributed by atoms with E-state index >= 15 is 0 Å². The molecule has 0 spiro atoms. The van der Waals surface area contributed by atoms with Gasteiger partial charge < -0.3 is 10.0 Å². The van der Waals surface area contributed by atoms with Crippen molar-refractivity contribution in [1.82, 2.24) is 4.90 Å². The van der Waals surface area contributed by atoms with Crippen molar-refractivity contribution < 1.29 is 5.11 Å². The van der Waals surface area contributed by atoms with Gasteiger partial charge in [-0.3, -0.25) is 0 Å². The van der Waals surface area contributed by atoms with Crippen LogP contribution < -0.4 is 0 Å². The van der Waals surface area contributed by atoms with E-state index in [0.29, 0.717) is 0 Å². The van der Waals surface area contributed by atoms with Gasteiger partial charge >= 0.3 is 0 Å². The summed E-state index contributed by atoms with van der Waals surface area (Å²) >= 11 is 0. The Bertz CT molecular complexity index is 212. The molecule has 0 atom stereocenters. The van der Waals surface area contributed by atoms with Gasteiger partial charge in [0.25, 0.3) is 0 Å². The topological polar surface area (TPSA) is 47.3 Å². The average molecular weight is 195 g/mol. The number of hydrogen-bond donors (Lipinski definition) is 1. The standard InChI is InChI=1S/C11H19N2O/c1-10(2)9-13-7-4-11(14,3-6-12)5-8-13/h14H,3-5,7-9H2,1-2H3. The van der Waals surface area contributed by atoms with Gasteiger partial charge in [0.2, 0.25) is 0 Å². The van der Waals surface area contributed by atoms with E-state index in [-0.39, 0.29) is 6.42 Å². The SMILES string of the molecule is C[C](C)CN1CCC(O)(CC#N)CC1. The highest BCUT2D eigenvalue weighted by Crippen LogP contribution is 2.25. The first kappa shape index (κ1) is 11.5. The van der Waals surface area contributed by atoms with E-state index in [4.69, 9.17) is 5.26 Å². The molecule has 1 aliphatic heterocycles. The first-order chi connectivity index (χ1) is 6.56. The largest absolute Gasteiger partial charge is 0.389 e. The Labute approximate surface area is 86.3 Å². The first-order valence-electron chi connectivity index (χ1n) is 5.16. The number of likely N-dealkylation sites (tertiary alicyclic amines) is 1. The van der Waals surface area contributed by atoms with E-state index in [1.165, 1.54) is 5.92 Å². The molecule has 1 N–H and O–H groups in total. The van der Waals surface area contributed by atoms with E-state index in [1.807, 2.05) is 0 Å². The minimum atomic E-state index is -0.715. The van der Waals surface area contributed by atoms with Gasteiger partial charge in [-0.15, -0.1) is 0 Å². The lowest BCUT2D eigenvalue weighted by Gasteiger charge is -2.37. The second-order valence-corrected chi connectivity index (χ2v) is 4.54. The van der Waals surface area contributed by atoms with Crippen LogP contribution in [0.4, 0.5) is 0 Å². The summed E-state index contributed by atoms with van der Waals surface area (Å²) in [7, 11) is 0. The molecular formula is C11H19N2O. The van der Waals surface area contributed by atoms with Crippen LogP contribution in [0.5, 0.6) is 0 Å². The average Bonchev–Trinajstić information content (AvgIpc) is 2.09. The van der Waals surface area contributed by atoms with E-state index < -0.39 is 5.60 Å². The highest BCUT2D eigenvalue weighted by molar-refractivity contribution is 4.94. The minimum absolute atomic E-state index is 0.273. The predicted octanol–water partition coefficient (Wildman–Crippen LogP) is 1.34. The quantitative estimate of drug-likeness (QED) is 0.739. The number of nitrogens with zero attached hydrogens (tertiary/aromatic N) is 2. The van der Waals surface area contributed by atoms with Gasteiger partial charge in [-0.1, -0.05) is 13.8 Å². The molecule has 14 heavy (non-hydrogen) atoms. The molecule has 0 aromatic rings. The van der Waals surface area contributed by atoms with Crippen LogP contribution in [0.2, 0.25) is 0 Å². The Balaban J connectivity index is 2.34. The summed E-state index contributed by atoms with van der Waals surface area (Å²) in [4.78, 5) is 2.33. The lowest BCUT2D eigenvalue weighted by Crippen LogP contribution is -2.45. The number of aliphatic hydroxyl groups is 1. The summed E-state index contributed by atoms with van der Waals surface area (Å²) in [6, 6.07) is 2.06. The predicted molar refractivity (Wildman–Crippen MR) is 55.4 cm³/mol. The summed E-state index contributed by atoms with van der Waals surface area (Å²) in [5.41, 5.74) is -0.715.